The molecule has 4 rings (SSSR count). The Morgan fingerprint density at radius 1 is 1.20 bits per heavy atom. The molecular formula is C17H12N4O3S. The van der Waals surface area contributed by atoms with E-state index < -0.39 is 0 Å². The van der Waals surface area contributed by atoms with E-state index in [9.17, 15) is 4.79 Å². The number of hydrogen-bond acceptors (Lipinski definition) is 7. The monoisotopic (exact) mass is 352 g/mol. The van der Waals surface area contributed by atoms with Crippen molar-refractivity contribution in [3.05, 3.63) is 60.6 Å². The van der Waals surface area contributed by atoms with Gasteiger partial charge in [-0.2, -0.15) is 0 Å². The molecular weight excluding hydrogens is 340 g/mol. The quantitative estimate of drug-likeness (QED) is 0.524. The molecule has 124 valence electrons. The predicted octanol–water partition coefficient (Wildman–Crippen LogP) is 3.43. The van der Waals surface area contributed by atoms with Crippen LogP contribution >= 0.6 is 11.3 Å². The zero-order chi connectivity index (χ0) is 17.2. The molecule has 3 heterocycles. The average Bonchev–Trinajstić information content (AvgIpc) is 3.21. The van der Waals surface area contributed by atoms with Crippen molar-refractivity contribution in [1.29, 1.82) is 0 Å². The first-order valence-electron chi connectivity index (χ1n) is 7.36. The van der Waals surface area contributed by atoms with Gasteiger partial charge >= 0.3 is 5.97 Å². The summed E-state index contributed by atoms with van der Waals surface area (Å²) < 4.78 is 12.1. The van der Waals surface area contributed by atoms with Crippen molar-refractivity contribution in [3.8, 4) is 22.2 Å². The molecule has 0 aliphatic carbocycles. The van der Waals surface area contributed by atoms with Gasteiger partial charge in [-0.05, 0) is 47.7 Å². The molecule has 0 saturated heterocycles. The van der Waals surface area contributed by atoms with Crippen LogP contribution in [0.15, 0.2) is 55.0 Å². The van der Waals surface area contributed by atoms with E-state index in [0.717, 1.165) is 16.2 Å². The summed E-state index contributed by atoms with van der Waals surface area (Å²) in [6, 6.07) is 10.5. The number of esters is 1. The number of rotatable bonds is 4. The van der Waals surface area contributed by atoms with E-state index in [1.807, 2.05) is 18.3 Å². The van der Waals surface area contributed by atoms with Crippen molar-refractivity contribution in [2.24, 2.45) is 0 Å². The fraction of sp³-hybridized carbons (Fsp3) is 0.0588. The summed E-state index contributed by atoms with van der Waals surface area (Å²) in [7, 11) is 1.35. The number of fused-ring (bicyclic) bond motifs is 1. The largest absolute Gasteiger partial charge is 0.465 e. The van der Waals surface area contributed by atoms with Crippen molar-refractivity contribution < 1.29 is 14.3 Å². The number of benzene rings is 1. The third kappa shape index (κ3) is 3.07. The van der Waals surface area contributed by atoms with E-state index >= 15 is 0 Å². The van der Waals surface area contributed by atoms with Gasteiger partial charge in [-0.1, -0.05) is 0 Å². The number of ether oxygens (including phenoxy) is 2. The number of aromatic nitrogens is 4. The molecule has 0 aliphatic rings. The summed E-state index contributed by atoms with van der Waals surface area (Å²) in [5.74, 6) is 0.194. The van der Waals surface area contributed by atoms with Gasteiger partial charge in [0.05, 0.1) is 24.6 Å². The Morgan fingerprint density at radius 3 is 2.72 bits per heavy atom. The van der Waals surface area contributed by atoms with Gasteiger partial charge in [0.25, 0.3) is 5.19 Å². The van der Waals surface area contributed by atoms with Crippen molar-refractivity contribution >= 4 is 22.3 Å². The number of methoxy groups -OCH3 is 1. The molecule has 0 spiro atoms. The highest BCUT2D eigenvalue weighted by Gasteiger charge is 2.12. The van der Waals surface area contributed by atoms with Crippen molar-refractivity contribution in [3.63, 3.8) is 0 Å². The highest BCUT2D eigenvalue weighted by atomic mass is 32.1. The van der Waals surface area contributed by atoms with E-state index in [-0.39, 0.29) is 5.97 Å². The normalized spacial score (nSPS) is 10.8. The first-order chi connectivity index (χ1) is 12.2. The summed E-state index contributed by atoms with van der Waals surface area (Å²) in [6.07, 6.45) is 5.31. The minimum atomic E-state index is -0.387. The highest BCUT2D eigenvalue weighted by molar-refractivity contribution is 7.18. The molecule has 8 heteroatoms. The molecule has 0 amide bonds. The van der Waals surface area contributed by atoms with Gasteiger partial charge < -0.3 is 9.47 Å². The number of carbonyl (C=O) groups excluding carboxylic acids is 1. The molecule has 0 unspecified atom stereocenters. The summed E-state index contributed by atoms with van der Waals surface area (Å²) in [5, 5.41) is 4.83. The lowest BCUT2D eigenvalue weighted by molar-refractivity contribution is 0.0600. The van der Waals surface area contributed by atoms with Crippen molar-refractivity contribution in [2.75, 3.05) is 7.11 Å². The maximum Gasteiger partial charge on any atom is 0.337 e. The number of hydrogen-bond donors (Lipinski definition) is 0. The molecule has 4 aromatic rings. The Hall–Kier alpha value is -3.26. The molecule has 0 aliphatic heterocycles. The standard InChI is InChI=1S/C17H12N4O3S/c1-23-15(22)11-4-6-13(7-5-11)24-17-20-21-10-14(19-16(21)25-17)12-3-2-8-18-9-12/h2-10H,1H3. The third-order valence-electron chi connectivity index (χ3n) is 3.46. The fourth-order valence-electron chi connectivity index (χ4n) is 2.25. The number of pyridine rings is 1. The minimum absolute atomic E-state index is 0.387. The summed E-state index contributed by atoms with van der Waals surface area (Å²) in [4.78, 5) is 20.8. The number of imidazole rings is 1. The van der Waals surface area contributed by atoms with Crippen LogP contribution in [0.5, 0.6) is 10.9 Å². The van der Waals surface area contributed by atoms with E-state index in [2.05, 4.69) is 19.8 Å². The summed E-state index contributed by atoms with van der Waals surface area (Å²) >= 11 is 1.33. The van der Waals surface area contributed by atoms with Crippen LogP contribution in [-0.4, -0.2) is 32.7 Å². The molecule has 0 radical (unpaired) electrons. The summed E-state index contributed by atoms with van der Waals surface area (Å²) in [6.45, 7) is 0. The Morgan fingerprint density at radius 2 is 2.04 bits per heavy atom. The van der Waals surface area contributed by atoms with Crippen LogP contribution in [0.4, 0.5) is 0 Å². The Balaban J connectivity index is 1.54. The number of nitrogens with zero attached hydrogens (tertiary/aromatic N) is 4. The van der Waals surface area contributed by atoms with E-state index in [0.29, 0.717) is 16.5 Å². The Bertz CT molecular complexity index is 994. The lowest BCUT2D eigenvalue weighted by atomic mass is 10.2. The zero-order valence-electron chi connectivity index (χ0n) is 13.1. The van der Waals surface area contributed by atoms with Gasteiger partial charge in [-0.3, -0.25) is 4.98 Å². The van der Waals surface area contributed by atoms with E-state index in [4.69, 9.17) is 4.74 Å². The molecule has 1 aromatic carbocycles. The average molecular weight is 352 g/mol. The van der Waals surface area contributed by atoms with Gasteiger partial charge in [0.2, 0.25) is 4.96 Å². The zero-order valence-corrected chi connectivity index (χ0v) is 13.9. The van der Waals surface area contributed by atoms with Crippen LogP contribution in [0.2, 0.25) is 0 Å². The van der Waals surface area contributed by atoms with Crippen molar-refractivity contribution in [2.45, 2.75) is 0 Å². The first kappa shape index (κ1) is 15.3. The molecule has 25 heavy (non-hydrogen) atoms. The molecule has 0 fully saturated rings. The molecule has 7 nitrogen and oxygen atoms in total. The maximum absolute atomic E-state index is 11.4. The van der Waals surface area contributed by atoms with Crippen LogP contribution < -0.4 is 4.74 Å². The molecule has 0 N–H and O–H groups in total. The van der Waals surface area contributed by atoms with Crippen LogP contribution in [-0.2, 0) is 4.74 Å². The summed E-state index contributed by atoms with van der Waals surface area (Å²) in [5.41, 5.74) is 2.20. The second-order valence-corrected chi connectivity index (χ2v) is 6.00. The topological polar surface area (TPSA) is 78.6 Å². The molecule has 3 aromatic heterocycles. The fourth-order valence-corrected chi connectivity index (χ4v) is 3.01. The van der Waals surface area contributed by atoms with Gasteiger partial charge in [0.15, 0.2) is 0 Å². The maximum atomic E-state index is 11.4. The molecule has 0 atom stereocenters. The second kappa shape index (κ2) is 6.33. The lowest BCUT2D eigenvalue weighted by Gasteiger charge is -2.02. The SMILES string of the molecule is COC(=O)c1ccc(Oc2nn3cc(-c4cccnc4)nc3s2)cc1. The highest BCUT2D eigenvalue weighted by Crippen LogP contribution is 2.29. The molecule has 0 saturated carbocycles. The molecule has 0 bridgehead atoms. The van der Waals surface area contributed by atoms with Gasteiger partial charge in [-0.25, -0.2) is 14.3 Å². The van der Waals surface area contributed by atoms with Crippen LogP contribution in [0.1, 0.15) is 10.4 Å². The Labute approximate surface area is 146 Å². The van der Waals surface area contributed by atoms with Crippen LogP contribution in [0.25, 0.3) is 16.2 Å². The van der Waals surface area contributed by atoms with Gasteiger partial charge in [-0.15, -0.1) is 5.10 Å². The second-order valence-electron chi connectivity index (χ2n) is 5.08. The van der Waals surface area contributed by atoms with Gasteiger partial charge in [0, 0.05) is 18.0 Å². The smallest absolute Gasteiger partial charge is 0.337 e. The van der Waals surface area contributed by atoms with Crippen molar-refractivity contribution in [1.82, 2.24) is 19.6 Å². The van der Waals surface area contributed by atoms with Gasteiger partial charge in [0.1, 0.15) is 5.75 Å². The predicted molar refractivity (Wildman–Crippen MR) is 92.0 cm³/mol. The van der Waals surface area contributed by atoms with Crippen LogP contribution in [0, 0.1) is 0 Å². The third-order valence-corrected chi connectivity index (χ3v) is 4.26. The number of carbonyl (C=O) groups is 1. The van der Waals surface area contributed by atoms with E-state index in [1.165, 1.54) is 18.4 Å². The minimum Gasteiger partial charge on any atom is -0.465 e. The lowest BCUT2D eigenvalue weighted by Crippen LogP contribution is -2.00. The Kier molecular flexibility index (Phi) is 3.87. The van der Waals surface area contributed by atoms with E-state index in [1.54, 1.807) is 41.2 Å². The first-order valence-corrected chi connectivity index (χ1v) is 8.17. The van der Waals surface area contributed by atoms with Crippen LogP contribution in [0.3, 0.4) is 0 Å².